The standard InChI is InChI=1S/C12H13N3/c1-9-4-5-11(12(7-13)15-9)10-3-2-6-14-8-10/h2-6,8H,7,13H2,1H3. The van der Waals surface area contributed by atoms with Gasteiger partial charge in [0.2, 0.25) is 0 Å². The number of rotatable bonds is 2. The van der Waals surface area contributed by atoms with Crippen LogP contribution in [0.25, 0.3) is 11.1 Å². The second kappa shape index (κ2) is 4.19. The Balaban J connectivity index is 2.53. The number of hydrogen-bond donors (Lipinski definition) is 1. The fraction of sp³-hybridized carbons (Fsp3) is 0.167. The maximum atomic E-state index is 5.67. The molecule has 0 saturated carbocycles. The molecule has 0 aromatic carbocycles. The van der Waals surface area contributed by atoms with E-state index in [1.54, 1.807) is 6.20 Å². The van der Waals surface area contributed by atoms with E-state index >= 15 is 0 Å². The lowest BCUT2D eigenvalue weighted by atomic mass is 10.1. The molecule has 2 N–H and O–H groups in total. The number of nitrogens with two attached hydrogens (primary N) is 1. The van der Waals surface area contributed by atoms with Crippen LogP contribution >= 0.6 is 0 Å². The highest BCUT2D eigenvalue weighted by molar-refractivity contribution is 5.64. The Morgan fingerprint density at radius 2 is 2.13 bits per heavy atom. The Labute approximate surface area is 89.0 Å². The van der Waals surface area contributed by atoms with Crippen molar-refractivity contribution in [3.8, 4) is 11.1 Å². The van der Waals surface area contributed by atoms with E-state index in [4.69, 9.17) is 5.73 Å². The summed E-state index contributed by atoms with van der Waals surface area (Å²) in [6.45, 7) is 2.41. The summed E-state index contributed by atoms with van der Waals surface area (Å²) in [7, 11) is 0. The number of aromatic nitrogens is 2. The van der Waals surface area contributed by atoms with E-state index in [1.807, 2.05) is 37.4 Å². The van der Waals surface area contributed by atoms with E-state index in [9.17, 15) is 0 Å². The van der Waals surface area contributed by atoms with Crippen LogP contribution in [0, 0.1) is 6.92 Å². The van der Waals surface area contributed by atoms with Crippen LogP contribution in [-0.4, -0.2) is 9.97 Å². The van der Waals surface area contributed by atoms with Gasteiger partial charge in [-0.05, 0) is 19.1 Å². The second-order valence-corrected chi connectivity index (χ2v) is 3.39. The molecule has 0 fully saturated rings. The summed E-state index contributed by atoms with van der Waals surface area (Å²) in [6, 6.07) is 7.96. The van der Waals surface area contributed by atoms with Gasteiger partial charge in [-0.25, -0.2) is 0 Å². The number of hydrogen-bond acceptors (Lipinski definition) is 3. The maximum Gasteiger partial charge on any atom is 0.0621 e. The Kier molecular flexibility index (Phi) is 2.74. The third-order valence-corrected chi connectivity index (χ3v) is 2.28. The number of aryl methyl sites for hydroxylation is 1. The lowest BCUT2D eigenvalue weighted by molar-refractivity contribution is 0.972. The van der Waals surface area contributed by atoms with Crippen molar-refractivity contribution in [2.75, 3.05) is 0 Å². The van der Waals surface area contributed by atoms with Crippen LogP contribution in [0.1, 0.15) is 11.4 Å². The minimum atomic E-state index is 0.450. The molecular formula is C12H13N3. The minimum Gasteiger partial charge on any atom is -0.325 e. The molecule has 2 aromatic rings. The first kappa shape index (κ1) is 9.80. The molecule has 2 rings (SSSR count). The SMILES string of the molecule is Cc1ccc(-c2cccnc2)c(CN)n1. The van der Waals surface area contributed by atoms with E-state index in [0.717, 1.165) is 22.5 Å². The third kappa shape index (κ3) is 2.02. The first-order valence-electron chi connectivity index (χ1n) is 4.88. The van der Waals surface area contributed by atoms with Crippen molar-refractivity contribution in [3.63, 3.8) is 0 Å². The molecule has 3 heteroatoms. The predicted octanol–water partition coefficient (Wildman–Crippen LogP) is 1.91. The summed E-state index contributed by atoms with van der Waals surface area (Å²) in [5.41, 5.74) is 9.71. The quantitative estimate of drug-likeness (QED) is 0.803. The van der Waals surface area contributed by atoms with E-state index < -0.39 is 0 Å². The molecule has 2 heterocycles. The lowest BCUT2D eigenvalue weighted by Crippen LogP contribution is -2.03. The molecule has 0 atom stereocenters. The highest BCUT2D eigenvalue weighted by Crippen LogP contribution is 2.21. The zero-order chi connectivity index (χ0) is 10.7. The van der Waals surface area contributed by atoms with Crippen LogP contribution < -0.4 is 5.73 Å². The highest BCUT2D eigenvalue weighted by Gasteiger charge is 2.04. The molecule has 0 spiro atoms. The van der Waals surface area contributed by atoms with Crippen molar-refractivity contribution in [2.45, 2.75) is 13.5 Å². The molecule has 0 aliphatic carbocycles. The third-order valence-electron chi connectivity index (χ3n) is 2.28. The van der Waals surface area contributed by atoms with Crippen LogP contribution in [0.5, 0.6) is 0 Å². The van der Waals surface area contributed by atoms with Gasteiger partial charge >= 0.3 is 0 Å². The summed E-state index contributed by atoms with van der Waals surface area (Å²) in [5.74, 6) is 0. The number of pyridine rings is 2. The van der Waals surface area contributed by atoms with Crippen molar-refractivity contribution < 1.29 is 0 Å². The topological polar surface area (TPSA) is 51.8 Å². The monoisotopic (exact) mass is 199 g/mol. The molecule has 15 heavy (non-hydrogen) atoms. The molecule has 0 aliphatic heterocycles. The molecular weight excluding hydrogens is 186 g/mol. The van der Waals surface area contributed by atoms with Crippen LogP contribution in [0.2, 0.25) is 0 Å². The van der Waals surface area contributed by atoms with E-state index in [-0.39, 0.29) is 0 Å². The summed E-state index contributed by atoms with van der Waals surface area (Å²) in [5, 5.41) is 0. The van der Waals surface area contributed by atoms with E-state index in [2.05, 4.69) is 9.97 Å². The Hall–Kier alpha value is -1.74. The van der Waals surface area contributed by atoms with Gasteiger partial charge < -0.3 is 5.73 Å². The van der Waals surface area contributed by atoms with Gasteiger partial charge in [-0.2, -0.15) is 0 Å². The average Bonchev–Trinajstić information content (AvgIpc) is 2.30. The smallest absolute Gasteiger partial charge is 0.0621 e. The van der Waals surface area contributed by atoms with Gasteiger partial charge in [0.05, 0.1) is 5.69 Å². The first-order chi connectivity index (χ1) is 7.31. The van der Waals surface area contributed by atoms with Gasteiger partial charge in [-0.1, -0.05) is 12.1 Å². The summed E-state index contributed by atoms with van der Waals surface area (Å²) >= 11 is 0. The zero-order valence-electron chi connectivity index (χ0n) is 8.64. The number of nitrogens with zero attached hydrogens (tertiary/aromatic N) is 2. The fourth-order valence-corrected chi connectivity index (χ4v) is 1.55. The van der Waals surface area contributed by atoms with Crippen molar-refractivity contribution in [1.82, 2.24) is 9.97 Å². The van der Waals surface area contributed by atoms with Crippen molar-refractivity contribution >= 4 is 0 Å². The van der Waals surface area contributed by atoms with Crippen molar-refractivity contribution in [2.24, 2.45) is 5.73 Å². The highest BCUT2D eigenvalue weighted by atomic mass is 14.7. The maximum absolute atomic E-state index is 5.67. The molecule has 0 aliphatic rings. The fourth-order valence-electron chi connectivity index (χ4n) is 1.55. The van der Waals surface area contributed by atoms with E-state index in [0.29, 0.717) is 6.54 Å². The molecule has 0 amide bonds. The molecule has 0 saturated heterocycles. The zero-order valence-corrected chi connectivity index (χ0v) is 8.64. The van der Waals surface area contributed by atoms with Gasteiger partial charge in [0, 0.05) is 35.8 Å². The Morgan fingerprint density at radius 1 is 1.27 bits per heavy atom. The van der Waals surface area contributed by atoms with E-state index in [1.165, 1.54) is 0 Å². The summed E-state index contributed by atoms with van der Waals surface area (Å²) in [6.07, 6.45) is 3.58. The predicted molar refractivity (Wildman–Crippen MR) is 60.1 cm³/mol. The van der Waals surface area contributed by atoms with Crippen molar-refractivity contribution in [1.29, 1.82) is 0 Å². The molecule has 0 bridgehead atoms. The minimum absolute atomic E-state index is 0.450. The van der Waals surface area contributed by atoms with Gasteiger partial charge in [-0.3, -0.25) is 9.97 Å². The molecule has 76 valence electrons. The summed E-state index contributed by atoms with van der Waals surface area (Å²) < 4.78 is 0. The van der Waals surface area contributed by atoms with Crippen molar-refractivity contribution in [3.05, 3.63) is 48.0 Å². The molecule has 0 radical (unpaired) electrons. The van der Waals surface area contributed by atoms with Crippen LogP contribution in [0.4, 0.5) is 0 Å². The van der Waals surface area contributed by atoms with Gasteiger partial charge in [0.15, 0.2) is 0 Å². The normalized spacial score (nSPS) is 10.3. The van der Waals surface area contributed by atoms with Gasteiger partial charge in [0.1, 0.15) is 0 Å². The largest absolute Gasteiger partial charge is 0.325 e. The Bertz CT molecular complexity index is 452. The average molecular weight is 199 g/mol. The summed E-state index contributed by atoms with van der Waals surface area (Å²) in [4.78, 5) is 8.51. The molecule has 2 aromatic heterocycles. The van der Waals surface area contributed by atoms with Gasteiger partial charge in [-0.15, -0.1) is 0 Å². The first-order valence-corrected chi connectivity index (χ1v) is 4.88. The Morgan fingerprint density at radius 3 is 2.80 bits per heavy atom. The van der Waals surface area contributed by atoms with Crippen LogP contribution in [0.3, 0.4) is 0 Å². The molecule has 0 unspecified atom stereocenters. The lowest BCUT2D eigenvalue weighted by Gasteiger charge is -2.07. The second-order valence-electron chi connectivity index (χ2n) is 3.39. The van der Waals surface area contributed by atoms with Crippen LogP contribution in [0.15, 0.2) is 36.7 Å². The van der Waals surface area contributed by atoms with Gasteiger partial charge in [0.25, 0.3) is 0 Å². The molecule has 3 nitrogen and oxygen atoms in total. The van der Waals surface area contributed by atoms with Crippen LogP contribution in [-0.2, 0) is 6.54 Å².